The Kier molecular flexibility index (Phi) is 5.56. The number of hydrogen-bond donors (Lipinski definition) is 2. The number of hydrogen-bond acceptors (Lipinski definition) is 3. The van der Waals surface area contributed by atoms with Crippen LogP contribution in [0.1, 0.15) is 39.0 Å². The number of nitrogens with two attached hydrogens (primary N) is 1. The monoisotopic (exact) mass is 293 g/mol. The normalized spacial score (nSPS) is 19.4. The summed E-state index contributed by atoms with van der Waals surface area (Å²) in [5, 5.41) is 2.79. The predicted molar refractivity (Wildman–Crippen MR) is 83.6 cm³/mol. The molecule has 116 valence electrons. The van der Waals surface area contributed by atoms with Gasteiger partial charge in [0.25, 0.3) is 0 Å². The van der Waals surface area contributed by atoms with Crippen LogP contribution >= 0.6 is 0 Å². The number of nitrogens with zero attached hydrogens (tertiary/aromatic N) is 1. The van der Waals surface area contributed by atoms with Crippen molar-refractivity contribution in [1.82, 2.24) is 4.90 Å². The van der Waals surface area contributed by atoms with Gasteiger partial charge in [-0.1, -0.05) is 19.8 Å². The first-order valence-corrected chi connectivity index (χ1v) is 7.69. The zero-order valence-corrected chi connectivity index (χ0v) is 12.6. The molecule has 1 heterocycles. The Morgan fingerprint density at radius 3 is 3.00 bits per heavy atom. The number of carbonyl (C=O) groups excluding carboxylic acids is 1. The van der Waals surface area contributed by atoms with Crippen LogP contribution in [0.4, 0.5) is 15.8 Å². The Morgan fingerprint density at radius 2 is 2.29 bits per heavy atom. The molecule has 1 aromatic rings. The van der Waals surface area contributed by atoms with E-state index in [1.165, 1.54) is 31.0 Å². The highest BCUT2D eigenvalue weighted by molar-refractivity contribution is 5.92. The molecule has 2 rings (SSSR count). The second-order valence-electron chi connectivity index (χ2n) is 5.69. The van der Waals surface area contributed by atoms with E-state index >= 15 is 0 Å². The van der Waals surface area contributed by atoms with Gasteiger partial charge in [0, 0.05) is 11.7 Å². The predicted octanol–water partition coefficient (Wildman–Crippen LogP) is 3.00. The lowest BCUT2D eigenvalue weighted by atomic mass is 9.98. The number of anilines is 2. The smallest absolute Gasteiger partial charge is 0.238 e. The fourth-order valence-corrected chi connectivity index (χ4v) is 2.93. The molecule has 0 radical (unpaired) electrons. The number of carbonyl (C=O) groups is 1. The summed E-state index contributed by atoms with van der Waals surface area (Å²) in [4.78, 5) is 14.4. The molecule has 1 amide bonds. The van der Waals surface area contributed by atoms with Crippen molar-refractivity contribution >= 4 is 17.3 Å². The molecule has 4 nitrogen and oxygen atoms in total. The molecule has 1 unspecified atom stereocenters. The minimum Gasteiger partial charge on any atom is -0.396 e. The Hall–Kier alpha value is -1.62. The topological polar surface area (TPSA) is 58.4 Å². The number of nitrogen functional groups attached to an aromatic ring is 1. The van der Waals surface area contributed by atoms with Gasteiger partial charge in [0.1, 0.15) is 5.82 Å². The molecule has 1 saturated heterocycles. The fraction of sp³-hybridized carbons (Fsp3) is 0.562. The molecule has 0 aromatic heterocycles. The molecule has 5 heteroatoms. The van der Waals surface area contributed by atoms with Crippen molar-refractivity contribution in [3.63, 3.8) is 0 Å². The number of benzene rings is 1. The first-order chi connectivity index (χ1) is 10.1. The van der Waals surface area contributed by atoms with E-state index in [-0.39, 0.29) is 11.6 Å². The summed E-state index contributed by atoms with van der Waals surface area (Å²) < 4.78 is 13.1. The largest absolute Gasteiger partial charge is 0.396 e. The number of piperidine rings is 1. The molecular weight excluding hydrogens is 269 g/mol. The van der Waals surface area contributed by atoms with Crippen molar-refractivity contribution in [3.05, 3.63) is 24.0 Å². The van der Waals surface area contributed by atoms with Crippen molar-refractivity contribution in [2.75, 3.05) is 24.1 Å². The molecule has 0 saturated carbocycles. The second kappa shape index (κ2) is 7.41. The Bertz CT molecular complexity index is 490. The van der Waals surface area contributed by atoms with E-state index in [0.29, 0.717) is 18.3 Å². The molecule has 0 spiro atoms. The van der Waals surface area contributed by atoms with Gasteiger partial charge >= 0.3 is 0 Å². The van der Waals surface area contributed by atoms with Gasteiger partial charge < -0.3 is 11.1 Å². The molecule has 3 N–H and O–H groups in total. The third-order valence-electron chi connectivity index (χ3n) is 4.00. The number of rotatable bonds is 5. The quantitative estimate of drug-likeness (QED) is 0.821. The SMILES string of the molecule is CCCC1CCCCN1CC(=O)Nc1ccc(F)c(N)c1. The van der Waals surface area contributed by atoms with Crippen molar-refractivity contribution < 1.29 is 9.18 Å². The fourth-order valence-electron chi connectivity index (χ4n) is 2.93. The first kappa shape index (κ1) is 15.8. The molecule has 0 aliphatic carbocycles. The van der Waals surface area contributed by atoms with Crippen LogP contribution in [0, 0.1) is 5.82 Å². The molecular formula is C16H24FN3O. The lowest BCUT2D eigenvalue weighted by Gasteiger charge is -2.35. The molecule has 1 atom stereocenters. The van der Waals surface area contributed by atoms with E-state index in [2.05, 4.69) is 17.1 Å². The molecule has 1 fully saturated rings. The lowest BCUT2D eigenvalue weighted by molar-refractivity contribution is -0.118. The van der Waals surface area contributed by atoms with Crippen LogP contribution in [-0.2, 0) is 4.79 Å². The molecule has 0 bridgehead atoms. The lowest BCUT2D eigenvalue weighted by Crippen LogP contribution is -2.43. The summed E-state index contributed by atoms with van der Waals surface area (Å²) in [6, 6.07) is 4.76. The number of likely N-dealkylation sites (tertiary alicyclic amines) is 1. The van der Waals surface area contributed by atoms with Crippen molar-refractivity contribution in [1.29, 1.82) is 0 Å². The van der Waals surface area contributed by atoms with Crippen LogP contribution in [0.5, 0.6) is 0 Å². The average Bonchev–Trinajstić information content (AvgIpc) is 2.45. The summed E-state index contributed by atoms with van der Waals surface area (Å²) >= 11 is 0. The van der Waals surface area contributed by atoms with E-state index in [0.717, 1.165) is 25.8 Å². The van der Waals surface area contributed by atoms with Crippen LogP contribution in [-0.4, -0.2) is 29.9 Å². The molecule has 1 aliphatic heterocycles. The third-order valence-corrected chi connectivity index (χ3v) is 4.00. The minimum atomic E-state index is -0.466. The van der Waals surface area contributed by atoms with Crippen molar-refractivity contribution in [2.24, 2.45) is 0 Å². The van der Waals surface area contributed by atoms with Crippen LogP contribution in [0.25, 0.3) is 0 Å². The van der Waals surface area contributed by atoms with Gasteiger partial charge in [-0.25, -0.2) is 4.39 Å². The summed E-state index contributed by atoms with van der Waals surface area (Å²) in [6.45, 7) is 3.54. The zero-order valence-electron chi connectivity index (χ0n) is 12.6. The minimum absolute atomic E-state index is 0.0506. The van der Waals surface area contributed by atoms with Crippen LogP contribution in [0.3, 0.4) is 0 Å². The molecule has 21 heavy (non-hydrogen) atoms. The summed E-state index contributed by atoms with van der Waals surface area (Å²) in [6.07, 6.45) is 5.84. The van der Waals surface area contributed by atoms with Crippen molar-refractivity contribution in [2.45, 2.75) is 45.1 Å². The first-order valence-electron chi connectivity index (χ1n) is 7.69. The van der Waals surface area contributed by atoms with Crippen LogP contribution in [0.15, 0.2) is 18.2 Å². The highest BCUT2D eigenvalue weighted by Crippen LogP contribution is 2.21. The van der Waals surface area contributed by atoms with Gasteiger partial charge in [-0.15, -0.1) is 0 Å². The maximum Gasteiger partial charge on any atom is 0.238 e. The van der Waals surface area contributed by atoms with Gasteiger partial charge in [-0.2, -0.15) is 0 Å². The Morgan fingerprint density at radius 1 is 1.48 bits per heavy atom. The average molecular weight is 293 g/mol. The summed E-state index contributed by atoms with van der Waals surface area (Å²) in [5.74, 6) is -0.531. The molecule has 1 aliphatic rings. The zero-order chi connectivity index (χ0) is 15.2. The van der Waals surface area contributed by atoms with E-state index in [1.54, 1.807) is 0 Å². The summed E-state index contributed by atoms with van der Waals surface area (Å²) in [7, 11) is 0. The van der Waals surface area contributed by atoms with Gasteiger partial charge in [0.2, 0.25) is 5.91 Å². The van der Waals surface area contributed by atoms with E-state index in [4.69, 9.17) is 5.73 Å². The third kappa shape index (κ3) is 4.43. The standard InChI is InChI=1S/C16H24FN3O/c1-2-5-13-6-3-4-9-20(13)11-16(21)19-12-7-8-14(17)15(18)10-12/h7-8,10,13H,2-6,9,11,18H2,1H3,(H,19,21). The highest BCUT2D eigenvalue weighted by Gasteiger charge is 2.23. The van der Waals surface area contributed by atoms with E-state index < -0.39 is 5.82 Å². The van der Waals surface area contributed by atoms with Crippen LogP contribution in [0.2, 0.25) is 0 Å². The Balaban J connectivity index is 1.92. The van der Waals surface area contributed by atoms with Gasteiger partial charge in [-0.3, -0.25) is 9.69 Å². The number of nitrogens with one attached hydrogen (secondary N) is 1. The maximum atomic E-state index is 13.1. The molecule has 1 aromatic carbocycles. The van der Waals surface area contributed by atoms with Crippen molar-refractivity contribution in [3.8, 4) is 0 Å². The van der Waals surface area contributed by atoms with E-state index in [1.807, 2.05) is 0 Å². The number of amides is 1. The summed E-state index contributed by atoms with van der Waals surface area (Å²) in [5.41, 5.74) is 6.10. The van der Waals surface area contributed by atoms with Gasteiger partial charge in [0.15, 0.2) is 0 Å². The number of halogens is 1. The van der Waals surface area contributed by atoms with Crippen LogP contribution < -0.4 is 11.1 Å². The highest BCUT2D eigenvalue weighted by atomic mass is 19.1. The maximum absolute atomic E-state index is 13.1. The second-order valence-corrected chi connectivity index (χ2v) is 5.69. The Labute approximate surface area is 125 Å². The van der Waals surface area contributed by atoms with Gasteiger partial charge in [0.05, 0.1) is 12.2 Å². The van der Waals surface area contributed by atoms with Gasteiger partial charge in [-0.05, 0) is 44.0 Å². The van der Waals surface area contributed by atoms with E-state index in [9.17, 15) is 9.18 Å².